The van der Waals surface area contributed by atoms with Gasteiger partial charge in [0.1, 0.15) is 4.60 Å². The summed E-state index contributed by atoms with van der Waals surface area (Å²) in [5, 5.41) is 5.86. The van der Waals surface area contributed by atoms with Gasteiger partial charge in [0.25, 0.3) is 5.91 Å². The molecule has 4 nitrogen and oxygen atoms in total. The molecule has 18 heavy (non-hydrogen) atoms. The summed E-state index contributed by atoms with van der Waals surface area (Å²) in [6.07, 6.45) is 3.38. The molecule has 1 atom stereocenters. The van der Waals surface area contributed by atoms with Crippen molar-refractivity contribution in [3.8, 4) is 0 Å². The monoisotopic (exact) mass is 325 g/mol. The summed E-state index contributed by atoms with van der Waals surface area (Å²) in [5.41, 5.74) is 0.600. The molecule has 1 unspecified atom stereocenters. The van der Waals surface area contributed by atoms with E-state index in [1.165, 1.54) is 0 Å². The number of hydrogen-bond donors (Lipinski definition) is 1. The van der Waals surface area contributed by atoms with Gasteiger partial charge in [-0.25, -0.2) is 9.97 Å². The minimum atomic E-state index is -0.0958. The lowest BCUT2D eigenvalue weighted by Gasteiger charge is -2.10. The number of carbonyl (C=O) groups excluding carboxylic acids is 1. The van der Waals surface area contributed by atoms with Gasteiger partial charge in [0, 0.05) is 35.8 Å². The fourth-order valence-corrected chi connectivity index (χ4v) is 2.52. The van der Waals surface area contributed by atoms with Crippen LogP contribution in [0.25, 0.3) is 0 Å². The van der Waals surface area contributed by atoms with Crippen molar-refractivity contribution in [1.82, 2.24) is 15.3 Å². The molecule has 94 valence electrons. The van der Waals surface area contributed by atoms with Crippen LogP contribution < -0.4 is 5.32 Å². The standard InChI is InChI=1S/C12H12BrN3OS/c1-8(12-15-4-5-18-12)7-16-11(17)9-2-3-14-10(13)6-9/h2-6,8H,7H2,1H3,(H,16,17). The first kappa shape index (κ1) is 13.2. The van der Waals surface area contributed by atoms with E-state index in [1.807, 2.05) is 12.3 Å². The molecule has 2 rings (SSSR count). The molecule has 0 radical (unpaired) electrons. The highest BCUT2D eigenvalue weighted by Crippen LogP contribution is 2.16. The highest BCUT2D eigenvalue weighted by Gasteiger charge is 2.11. The summed E-state index contributed by atoms with van der Waals surface area (Å²) in [4.78, 5) is 20.1. The van der Waals surface area contributed by atoms with Gasteiger partial charge in [-0.05, 0) is 28.1 Å². The van der Waals surface area contributed by atoms with Crippen LogP contribution in [0.1, 0.15) is 28.2 Å². The van der Waals surface area contributed by atoms with E-state index < -0.39 is 0 Å². The number of halogens is 1. The highest BCUT2D eigenvalue weighted by atomic mass is 79.9. The third-order valence-electron chi connectivity index (χ3n) is 2.43. The average Bonchev–Trinajstić information content (AvgIpc) is 2.89. The second-order valence-electron chi connectivity index (χ2n) is 3.85. The molecule has 0 bridgehead atoms. The molecule has 0 aliphatic heterocycles. The second-order valence-corrected chi connectivity index (χ2v) is 5.59. The predicted octanol–water partition coefficient (Wildman–Crippen LogP) is 2.83. The zero-order chi connectivity index (χ0) is 13.0. The third kappa shape index (κ3) is 3.36. The number of pyridine rings is 1. The Labute approximate surface area is 118 Å². The Morgan fingerprint density at radius 2 is 2.33 bits per heavy atom. The predicted molar refractivity (Wildman–Crippen MR) is 74.8 cm³/mol. The van der Waals surface area contributed by atoms with Crippen molar-refractivity contribution in [1.29, 1.82) is 0 Å². The number of rotatable bonds is 4. The molecule has 1 N–H and O–H groups in total. The lowest BCUT2D eigenvalue weighted by molar-refractivity contribution is 0.0951. The van der Waals surface area contributed by atoms with Gasteiger partial charge in [-0.1, -0.05) is 6.92 Å². The van der Waals surface area contributed by atoms with Crippen LogP contribution >= 0.6 is 27.3 Å². The zero-order valence-corrected chi connectivity index (χ0v) is 12.2. The first-order valence-corrected chi connectivity index (χ1v) is 7.13. The zero-order valence-electron chi connectivity index (χ0n) is 9.76. The summed E-state index contributed by atoms with van der Waals surface area (Å²) >= 11 is 4.84. The van der Waals surface area contributed by atoms with Crippen LogP contribution in [0.2, 0.25) is 0 Å². The molecule has 2 aromatic rings. The number of nitrogens with zero attached hydrogens (tertiary/aromatic N) is 2. The lowest BCUT2D eigenvalue weighted by atomic mass is 10.2. The maximum Gasteiger partial charge on any atom is 0.251 e. The maximum absolute atomic E-state index is 11.9. The Bertz CT molecular complexity index is 530. The van der Waals surface area contributed by atoms with Gasteiger partial charge < -0.3 is 5.32 Å². The molecule has 2 aromatic heterocycles. The van der Waals surface area contributed by atoms with Crippen molar-refractivity contribution in [3.05, 3.63) is 45.1 Å². The second kappa shape index (κ2) is 6.06. The molecule has 0 aromatic carbocycles. The van der Waals surface area contributed by atoms with Crippen LogP contribution in [0.5, 0.6) is 0 Å². The van der Waals surface area contributed by atoms with Gasteiger partial charge >= 0.3 is 0 Å². The summed E-state index contributed by atoms with van der Waals surface area (Å²) in [7, 11) is 0. The fraction of sp³-hybridized carbons (Fsp3) is 0.250. The molecule has 0 fully saturated rings. The lowest BCUT2D eigenvalue weighted by Crippen LogP contribution is -2.27. The number of carbonyl (C=O) groups is 1. The largest absolute Gasteiger partial charge is 0.351 e. The summed E-state index contributed by atoms with van der Waals surface area (Å²) in [6.45, 7) is 2.62. The van der Waals surface area contributed by atoms with Crippen molar-refractivity contribution < 1.29 is 4.79 Å². The van der Waals surface area contributed by atoms with E-state index in [-0.39, 0.29) is 11.8 Å². The Balaban J connectivity index is 1.92. The summed E-state index contributed by atoms with van der Waals surface area (Å²) in [6, 6.07) is 3.39. The summed E-state index contributed by atoms with van der Waals surface area (Å²) in [5.74, 6) is 0.126. The quantitative estimate of drug-likeness (QED) is 0.879. The Kier molecular flexibility index (Phi) is 4.43. The molecule has 0 saturated carbocycles. The first-order chi connectivity index (χ1) is 8.66. The van der Waals surface area contributed by atoms with E-state index in [9.17, 15) is 4.79 Å². The van der Waals surface area contributed by atoms with Gasteiger partial charge in [-0.15, -0.1) is 11.3 Å². The van der Waals surface area contributed by atoms with E-state index in [0.29, 0.717) is 16.7 Å². The highest BCUT2D eigenvalue weighted by molar-refractivity contribution is 9.10. The van der Waals surface area contributed by atoms with Gasteiger partial charge in [0.15, 0.2) is 0 Å². The van der Waals surface area contributed by atoms with E-state index in [1.54, 1.807) is 35.9 Å². The fourth-order valence-electron chi connectivity index (χ4n) is 1.46. The molecular formula is C12H12BrN3OS. The van der Waals surface area contributed by atoms with Crippen LogP contribution in [0.15, 0.2) is 34.5 Å². The Hall–Kier alpha value is -1.27. The van der Waals surface area contributed by atoms with Crippen LogP contribution in [-0.2, 0) is 0 Å². The molecule has 0 aliphatic carbocycles. The van der Waals surface area contributed by atoms with Crippen LogP contribution in [0, 0.1) is 0 Å². The number of amides is 1. The normalized spacial score (nSPS) is 12.1. The van der Waals surface area contributed by atoms with Crippen molar-refractivity contribution >= 4 is 33.2 Å². The van der Waals surface area contributed by atoms with E-state index in [0.717, 1.165) is 5.01 Å². The van der Waals surface area contributed by atoms with Gasteiger partial charge in [-0.2, -0.15) is 0 Å². The van der Waals surface area contributed by atoms with Crippen molar-refractivity contribution in [2.24, 2.45) is 0 Å². The van der Waals surface area contributed by atoms with E-state index in [2.05, 4.69) is 31.2 Å². The smallest absolute Gasteiger partial charge is 0.251 e. The molecule has 0 aliphatic rings. The SMILES string of the molecule is CC(CNC(=O)c1ccnc(Br)c1)c1nccs1. The summed E-state index contributed by atoms with van der Waals surface area (Å²) < 4.78 is 0.656. The van der Waals surface area contributed by atoms with Crippen molar-refractivity contribution in [2.45, 2.75) is 12.8 Å². The average molecular weight is 326 g/mol. The van der Waals surface area contributed by atoms with Gasteiger partial charge in [-0.3, -0.25) is 4.79 Å². The maximum atomic E-state index is 11.9. The van der Waals surface area contributed by atoms with Crippen molar-refractivity contribution in [2.75, 3.05) is 6.54 Å². The minimum absolute atomic E-state index is 0.0958. The molecule has 2 heterocycles. The van der Waals surface area contributed by atoms with E-state index in [4.69, 9.17) is 0 Å². The number of thiazole rings is 1. The number of nitrogens with one attached hydrogen (secondary N) is 1. The van der Waals surface area contributed by atoms with Gasteiger partial charge in [0.05, 0.1) is 5.01 Å². The molecule has 0 spiro atoms. The molecule has 6 heteroatoms. The topological polar surface area (TPSA) is 54.9 Å². The van der Waals surface area contributed by atoms with E-state index >= 15 is 0 Å². The number of aromatic nitrogens is 2. The van der Waals surface area contributed by atoms with Gasteiger partial charge in [0.2, 0.25) is 0 Å². The van der Waals surface area contributed by atoms with Crippen LogP contribution in [0.3, 0.4) is 0 Å². The van der Waals surface area contributed by atoms with Crippen LogP contribution in [-0.4, -0.2) is 22.4 Å². The molecule has 0 saturated heterocycles. The number of hydrogen-bond acceptors (Lipinski definition) is 4. The third-order valence-corrected chi connectivity index (χ3v) is 3.87. The Morgan fingerprint density at radius 3 is 3.00 bits per heavy atom. The minimum Gasteiger partial charge on any atom is -0.351 e. The van der Waals surface area contributed by atoms with Crippen molar-refractivity contribution in [3.63, 3.8) is 0 Å². The Morgan fingerprint density at radius 1 is 1.50 bits per heavy atom. The molecule has 1 amide bonds. The van der Waals surface area contributed by atoms with Crippen LogP contribution in [0.4, 0.5) is 0 Å². The first-order valence-electron chi connectivity index (χ1n) is 5.46. The molecular weight excluding hydrogens is 314 g/mol.